The number of allylic oxidation sites excluding steroid dienone is 1. The average molecular weight is 169 g/mol. The molecule has 0 saturated carbocycles. The van der Waals surface area contributed by atoms with Crippen molar-refractivity contribution >= 4 is 0 Å². The van der Waals surface area contributed by atoms with Gasteiger partial charge in [-0.25, -0.2) is 0 Å². The summed E-state index contributed by atoms with van der Waals surface area (Å²) in [5, 5.41) is 3.37. The van der Waals surface area contributed by atoms with Crippen LogP contribution in [-0.4, -0.2) is 13.1 Å². The van der Waals surface area contributed by atoms with E-state index in [1.54, 1.807) is 0 Å². The third-order valence-electron chi connectivity index (χ3n) is 1.69. The van der Waals surface area contributed by atoms with Gasteiger partial charge in [-0.2, -0.15) is 0 Å². The van der Waals surface area contributed by atoms with Gasteiger partial charge < -0.3 is 5.32 Å². The van der Waals surface area contributed by atoms with Crippen LogP contribution in [-0.2, 0) is 0 Å². The monoisotopic (exact) mass is 169 g/mol. The molecule has 0 aromatic carbocycles. The van der Waals surface area contributed by atoms with Gasteiger partial charge in [0.1, 0.15) is 0 Å². The summed E-state index contributed by atoms with van der Waals surface area (Å²) in [7, 11) is 0. The highest BCUT2D eigenvalue weighted by Crippen LogP contribution is 1.99. The quantitative estimate of drug-likeness (QED) is 0.456. The Kier molecular flexibility index (Phi) is 8.57. The summed E-state index contributed by atoms with van der Waals surface area (Å²) in [6, 6.07) is 0. The summed E-state index contributed by atoms with van der Waals surface area (Å²) in [6.45, 7) is 8.97. The zero-order chi connectivity index (χ0) is 9.23. The van der Waals surface area contributed by atoms with Crippen LogP contribution in [0.1, 0.15) is 40.0 Å². The zero-order valence-corrected chi connectivity index (χ0v) is 8.77. The van der Waals surface area contributed by atoms with Crippen LogP contribution in [0.4, 0.5) is 0 Å². The van der Waals surface area contributed by atoms with Gasteiger partial charge in [0, 0.05) is 0 Å². The molecule has 0 aromatic heterocycles. The topological polar surface area (TPSA) is 12.0 Å². The summed E-state index contributed by atoms with van der Waals surface area (Å²) in [4.78, 5) is 0. The Morgan fingerprint density at radius 1 is 1.17 bits per heavy atom. The molecule has 0 spiro atoms. The highest BCUT2D eigenvalue weighted by molar-refractivity contribution is 4.82. The van der Waals surface area contributed by atoms with Crippen molar-refractivity contribution in [3.63, 3.8) is 0 Å². The van der Waals surface area contributed by atoms with Gasteiger partial charge >= 0.3 is 0 Å². The van der Waals surface area contributed by atoms with Crippen molar-refractivity contribution in [1.29, 1.82) is 0 Å². The first-order chi connectivity index (χ1) is 5.77. The summed E-state index contributed by atoms with van der Waals surface area (Å²) >= 11 is 0. The van der Waals surface area contributed by atoms with E-state index in [1.807, 2.05) is 0 Å². The molecule has 12 heavy (non-hydrogen) atoms. The maximum absolute atomic E-state index is 3.37. The van der Waals surface area contributed by atoms with Gasteiger partial charge in [-0.05, 0) is 38.3 Å². The standard InChI is InChI=1S/C11H23N/c1-4-9-12-10-7-5-6-8-11(2)3/h5-6,11-12H,4,7-10H2,1-3H3. The summed E-state index contributed by atoms with van der Waals surface area (Å²) in [5.41, 5.74) is 0. The van der Waals surface area contributed by atoms with E-state index < -0.39 is 0 Å². The number of hydrogen-bond donors (Lipinski definition) is 1. The number of hydrogen-bond acceptors (Lipinski definition) is 1. The Morgan fingerprint density at radius 2 is 1.92 bits per heavy atom. The minimum absolute atomic E-state index is 0.796. The van der Waals surface area contributed by atoms with Gasteiger partial charge in [-0.3, -0.25) is 0 Å². The van der Waals surface area contributed by atoms with Crippen molar-refractivity contribution in [2.75, 3.05) is 13.1 Å². The molecule has 0 aliphatic carbocycles. The van der Waals surface area contributed by atoms with E-state index in [1.165, 1.54) is 19.3 Å². The molecule has 0 heterocycles. The van der Waals surface area contributed by atoms with E-state index in [0.717, 1.165) is 19.0 Å². The van der Waals surface area contributed by atoms with Gasteiger partial charge in [0.2, 0.25) is 0 Å². The van der Waals surface area contributed by atoms with Crippen LogP contribution in [0, 0.1) is 5.92 Å². The van der Waals surface area contributed by atoms with Crippen LogP contribution < -0.4 is 5.32 Å². The Hall–Kier alpha value is -0.300. The molecular weight excluding hydrogens is 146 g/mol. The smallest absolute Gasteiger partial charge is 0.00143 e. The molecule has 1 N–H and O–H groups in total. The van der Waals surface area contributed by atoms with Crippen LogP contribution >= 0.6 is 0 Å². The zero-order valence-electron chi connectivity index (χ0n) is 8.77. The van der Waals surface area contributed by atoms with E-state index in [4.69, 9.17) is 0 Å². The Bertz CT molecular complexity index is 106. The van der Waals surface area contributed by atoms with Crippen LogP contribution in [0.2, 0.25) is 0 Å². The van der Waals surface area contributed by atoms with Gasteiger partial charge in [-0.1, -0.05) is 32.9 Å². The lowest BCUT2D eigenvalue weighted by Gasteiger charge is -1.99. The van der Waals surface area contributed by atoms with Gasteiger partial charge in [0.05, 0.1) is 0 Å². The third-order valence-corrected chi connectivity index (χ3v) is 1.69. The van der Waals surface area contributed by atoms with Crippen LogP contribution in [0.25, 0.3) is 0 Å². The molecule has 0 bridgehead atoms. The highest BCUT2D eigenvalue weighted by Gasteiger charge is 1.86. The molecule has 1 nitrogen and oxygen atoms in total. The summed E-state index contributed by atoms with van der Waals surface area (Å²) in [5.74, 6) is 0.796. The second-order valence-electron chi connectivity index (χ2n) is 3.64. The van der Waals surface area contributed by atoms with E-state index in [0.29, 0.717) is 0 Å². The van der Waals surface area contributed by atoms with Crippen molar-refractivity contribution < 1.29 is 0 Å². The Balaban J connectivity index is 3.03. The minimum Gasteiger partial charge on any atom is -0.316 e. The normalized spacial score (nSPS) is 11.7. The fraction of sp³-hybridized carbons (Fsp3) is 0.818. The predicted molar refractivity (Wildman–Crippen MR) is 56.4 cm³/mol. The summed E-state index contributed by atoms with van der Waals surface area (Å²) < 4.78 is 0. The molecule has 0 aliphatic heterocycles. The molecule has 72 valence electrons. The second-order valence-corrected chi connectivity index (χ2v) is 3.64. The fourth-order valence-electron chi connectivity index (χ4n) is 0.973. The average Bonchev–Trinajstić information content (AvgIpc) is 2.02. The molecule has 0 aromatic rings. The number of nitrogens with one attached hydrogen (secondary N) is 1. The van der Waals surface area contributed by atoms with Crippen molar-refractivity contribution in [3.05, 3.63) is 12.2 Å². The number of rotatable bonds is 7. The van der Waals surface area contributed by atoms with E-state index in [9.17, 15) is 0 Å². The molecule has 1 heteroatoms. The third kappa shape index (κ3) is 9.70. The second kappa shape index (κ2) is 8.79. The maximum atomic E-state index is 3.37. The molecule has 0 rings (SSSR count). The van der Waals surface area contributed by atoms with Crippen LogP contribution in [0.15, 0.2) is 12.2 Å². The molecule has 0 fully saturated rings. The molecule has 0 saturated heterocycles. The highest BCUT2D eigenvalue weighted by atomic mass is 14.8. The lowest BCUT2D eigenvalue weighted by Crippen LogP contribution is -2.14. The first kappa shape index (κ1) is 11.7. The first-order valence-electron chi connectivity index (χ1n) is 5.13. The Labute approximate surface area is 77.2 Å². The lowest BCUT2D eigenvalue weighted by molar-refractivity contribution is 0.656. The fourth-order valence-corrected chi connectivity index (χ4v) is 0.973. The van der Waals surface area contributed by atoms with E-state index in [2.05, 4.69) is 38.2 Å². The van der Waals surface area contributed by atoms with Crippen LogP contribution in [0.5, 0.6) is 0 Å². The van der Waals surface area contributed by atoms with E-state index in [-0.39, 0.29) is 0 Å². The lowest BCUT2D eigenvalue weighted by atomic mass is 10.1. The van der Waals surface area contributed by atoms with Crippen LogP contribution in [0.3, 0.4) is 0 Å². The molecule has 0 atom stereocenters. The SMILES string of the molecule is CCCNCCC=CCC(C)C. The first-order valence-corrected chi connectivity index (χ1v) is 5.13. The van der Waals surface area contributed by atoms with Crippen molar-refractivity contribution in [3.8, 4) is 0 Å². The summed E-state index contributed by atoms with van der Waals surface area (Å²) in [6.07, 6.45) is 8.19. The van der Waals surface area contributed by atoms with Gasteiger partial charge in [-0.15, -0.1) is 0 Å². The molecule has 0 aliphatic rings. The van der Waals surface area contributed by atoms with Crippen molar-refractivity contribution in [1.82, 2.24) is 5.32 Å². The molecular formula is C11H23N. The molecule has 0 amide bonds. The van der Waals surface area contributed by atoms with Gasteiger partial charge in [0.25, 0.3) is 0 Å². The van der Waals surface area contributed by atoms with E-state index >= 15 is 0 Å². The maximum Gasteiger partial charge on any atom is -0.00143 e. The largest absolute Gasteiger partial charge is 0.316 e. The van der Waals surface area contributed by atoms with Crippen molar-refractivity contribution in [2.24, 2.45) is 5.92 Å². The molecule has 0 radical (unpaired) electrons. The minimum atomic E-state index is 0.796. The van der Waals surface area contributed by atoms with Crippen molar-refractivity contribution in [2.45, 2.75) is 40.0 Å². The Morgan fingerprint density at radius 3 is 2.50 bits per heavy atom. The van der Waals surface area contributed by atoms with Gasteiger partial charge in [0.15, 0.2) is 0 Å². The predicted octanol–water partition coefficient (Wildman–Crippen LogP) is 2.98. The molecule has 0 unspecified atom stereocenters.